The van der Waals surface area contributed by atoms with E-state index in [0.717, 1.165) is 83.4 Å². The van der Waals surface area contributed by atoms with Crippen LogP contribution in [0.1, 0.15) is 26.3 Å². The predicted octanol–water partition coefficient (Wildman–Crippen LogP) is 14.7. The third-order valence-corrected chi connectivity index (χ3v) is 13.3. The molecule has 314 valence electrons. The number of pyridine rings is 1. The molecule has 0 unspecified atom stereocenters. The molecule has 13 aromatic rings. The highest BCUT2D eigenvalue weighted by atomic mass is 16.5. The molecular weight excluding hydrogens is 807 g/mol. The molecule has 0 spiro atoms. The van der Waals surface area contributed by atoms with Gasteiger partial charge >= 0.3 is 0 Å². The molecule has 0 atom stereocenters. The summed E-state index contributed by atoms with van der Waals surface area (Å²) in [7, 11) is 0. The van der Waals surface area contributed by atoms with Crippen molar-refractivity contribution >= 4 is 76.3 Å². The zero-order valence-electron chi connectivity index (χ0n) is 36.8. The number of ether oxygens (including phenoxy) is 1. The first-order valence-corrected chi connectivity index (χ1v) is 22.5. The molecule has 5 heterocycles. The molecule has 66 heavy (non-hydrogen) atoms. The number of fused-ring (bicyclic) bond motifs is 13. The number of hydrogen-bond donors (Lipinski definition) is 0. The fourth-order valence-electron chi connectivity index (χ4n) is 10.2. The fraction of sp³-hybridized carbons (Fsp3) is 0.0667. The highest BCUT2D eigenvalue weighted by Gasteiger charge is 2.20. The molecule has 0 N–H and O–H groups in total. The summed E-state index contributed by atoms with van der Waals surface area (Å²) in [4.78, 5) is 4.89. The van der Waals surface area contributed by atoms with E-state index in [1.54, 1.807) is 0 Å². The molecule has 5 aromatic heterocycles. The van der Waals surface area contributed by atoms with Crippen LogP contribution >= 0.6 is 0 Å². The highest BCUT2D eigenvalue weighted by molar-refractivity contribution is 6.21. The van der Waals surface area contributed by atoms with Gasteiger partial charge in [-0.15, -0.1) is 0 Å². The van der Waals surface area contributed by atoms with Gasteiger partial charge in [-0.05, 0) is 93.5 Å². The Bertz CT molecular complexity index is 4130. The molecule has 6 nitrogen and oxygen atoms in total. The molecule has 8 aromatic carbocycles. The van der Waals surface area contributed by atoms with Crippen LogP contribution in [0.4, 0.5) is 0 Å². The minimum atomic E-state index is -0.0189. The van der Waals surface area contributed by atoms with Crippen LogP contribution in [0, 0.1) is 6.33 Å². The number of imidazole rings is 1. The van der Waals surface area contributed by atoms with Gasteiger partial charge in [0.05, 0.1) is 44.3 Å². The Morgan fingerprint density at radius 3 is 1.97 bits per heavy atom. The van der Waals surface area contributed by atoms with Gasteiger partial charge in [-0.3, -0.25) is 13.5 Å². The summed E-state index contributed by atoms with van der Waals surface area (Å²) < 4.78 is 15.9. The summed E-state index contributed by atoms with van der Waals surface area (Å²) in [6.07, 6.45) is 8.01. The van der Waals surface area contributed by atoms with Crippen molar-refractivity contribution in [3.63, 3.8) is 0 Å². The normalized spacial score (nSPS) is 12.2. The highest BCUT2D eigenvalue weighted by Crippen LogP contribution is 2.39. The van der Waals surface area contributed by atoms with Crippen LogP contribution in [-0.4, -0.2) is 18.5 Å². The minimum Gasteiger partial charge on any atom is -0.458 e. The first kappa shape index (κ1) is 38.0. The van der Waals surface area contributed by atoms with Gasteiger partial charge in [0, 0.05) is 45.4 Å². The van der Waals surface area contributed by atoms with Crippen molar-refractivity contribution in [1.82, 2.24) is 18.5 Å². The second-order valence-corrected chi connectivity index (χ2v) is 18.2. The van der Waals surface area contributed by atoms with Crippen molar-refractivity contribution in [2.45, 2.75) is 26.2 Å². The van der Waals surface area contributed by atoms with Crippen molar-refractivity contribution < 1.29 is 9.14 Å². The van der Waals surface area contributed by atoms with Gasteiger partial charge < -0.3 is 9.14 Å². The molecule has 0 fully saturated rings. The van der Waals surface area contributed by atoms with E-state index >= 15 is 0 Å². The molecule has 0 aliphatic carbocycles. The number of aromatic nitrogens is 5. The maximum absolute atomic E-state index is 6.79. The van der Waals surface area contributed by atoms with Crippen LogP contribution in [0.5, 0.6) is 11.5 Å². The second kappa shape index (κ2) is 14.5. The van der Waals surface area contributed by atoms with Crippen molar-refractivity contribution in [1.29, 1.82) is 0 Å². The zero-order valence-corrected chi connectivity index (χ0v) is 36.8. The van der Waals surface area contributed by atoms with Gasteiger partial charge in [0.2, 0.25) is 0 Å². The third-order valence-electron chi connectivity index (χ3n) is 13.3. The second-order valence-electron chi connectivity index (χ2n) is 18.2. The molecule has 0 saturated carbocycles. The van der Waals surface area contributed by atoms with Crippen LogP contribution in [-0.2, 0) is 5.41 Å². The minimum absolute atomic E-state index is 0.0189. The standard InChI is InChI=1S/C60H43N5O/c1-60(2,3)40-32-33-61-57(34-40)64-52-27-11-9-22-47(52)49-31-30-43(36-55(49)64)66-42-19-13-18-41(35-42)62-37-56-46-21-8-7-20-45(46)50-25-14-26-51-48-23-10-12-28-53(48)65(58(50)51)54-29-15-24-44(59(54)63(56)38-62)39-16-5-4-6-17-39/h4-37H,1-3H3. The van der Waals surface area contributed by atoms with Crippen LogP contribution in [0.25, 0.3) is 99.0 Å². The molecule has 13 rings (SSSR count). The van der Waals surface area contributed by atoms with Gasteiger partial charge in [-0.25, -0.2) is 4.98 Å². The number of rotatable bonds is 5. The Labute approximate surface area is 381 Å². The molecule has 0 aliphatic rings. The van der Waals surface area contributed by atoms with E-state index in [4.69, 9.17) is 9.72 Å². The fourth-order valence-corrected chi connectivity index (χ4v) is 10.2. The summed E-state index contributed by atoms with van der Waals surface area (Å²) in [5, 5.41) is 8.22. The molecule has 6 heteroatoms. The average molecular weight is 850 g/mol. The molecule has 0 aliphatic heterocycles. The number of nitrogens with zero attached hydrogens (tertiary/aromatic N) is 5. The molecule has 0 radical (unpaired) electrons. The van der Waals surface area contributed by atoms with Crippen molar-refractivity contribution in [3.05, 3.63) is 218 Å². The summed E-state index contributed by atoms with van der Waals surface area (Å²) in [6, 6.07) is 69.2. The van der Waals surface area contributed by atoms with Crippen molar-refractivity contribution in [2.24, 2.45) is 0 Å². The third kappa shape index (κ3) is 5.88. The number of para-hydroxylation sites is 4. The van der Waals surface area contributed by atoms with E-state index in [-0.39, 0.29) is 5.41 Å². The monoisotopic (exact) mass is 849 g/mol. The SMILES string of the molecule is CC(C)(C)c1ccnc(-n2c3ccccc3c3ccc(Oc4cccc(-n5[c-][n+]6c(c5)c5ccccc5c5cccc7c8ccccc8n(c8cccc(-c9ccccc9)c86)c57)c4)cc32)c1. The number of hydrogen-bond acceptors (Lipinski definition) is 2. The topological polar surface area (TPSA) is 40.5 Å². The van der Waals surface area contributed by atoms with E-state index < -0.39 is 0 Å². The van der Waals surface area contributed by atoms with E-state index in [9.17, 15) is 0 Å². The lowest BCUT2D eigenvalue weighted by Gasteiger charge is -2.20. The first-order valence-electron chi connectivity index (χ1n) is 22.5. The Morgan fingerprint density at radius 1 is 0.515 bits per heavy atom. The Kier molecular flexibility index (Phi) is 8.37. The summed E-state index contributed by atoms with van der Waals surface area (Å²) in [5.74, 6) is 2.35. The van der Waals surface area contributed by atoms with Gasteiger partial charge in [-0.2, -0.15) is 0 Å². The van der Waals surface area contributed by atoms with Crippen LogP contribution in [0.15, 0.2) is 207 Å². The molecule has 0 amide bonds. The van der Waals surface area contributed by atoms with E-state index in [1.807, 2.05) is 12.3 Å². The summed E-state index contributed by atoms with van der Waals surface area (Å²) in [5.41, 5.74) is 12.0. The molecular formula is C60H43N5O. The zero-order chi connectivity index (χ0) is 44.1. The summed E-state index contributed by atoms with van der Waals surface area (Å²) >= 11 is 0. The van der Waals surface area contributed by atoms with E-state index in [1.165, 1.54) is 32.6 Å². The van der Waals surface area contributed by atoms with E-state index in [2.05, 4.69) is 239 Å². The van der Waals surface area contributed by atoms with Crippen molar-refractivity contribution in [3.8, 4) is 34.1 Å². The molecule has 0 bridgehead atoms. The first-order chi connectivity index (χ1) is 32.4. The van der Waals surface area contributed by atoms with Gasteiger partial charge in [0.25, 0.3) is 6.33 Å². The molecule has 0 saturated heterocycles. The Hall–Kier alpha value is -8.48. The predicted molar refractivity (Wildman–Crippen MR) is 270 cm³/mol. The van der Waals surface area contributed by atoms with Crippen molar-refractivity contribution in [2.75, 3.05) is 0 Å². The Balaban J connectivity index is 1.03. The maximum atomic E-state index is 6.79. The summed E-state index contributed by atoms with van der Waals surface area (Å²) in [6.45, 7) is 6.71. The smallest absolute Gasteiger partial charge is 0.269 e. The van der Waals surface area contributed by atoms with Gasteiger partial charge in [-0.1, -0.05) is 148 Å². The maximum Gasteiger partial charge on any atom is 0.269 e. The van der Waals surface area contributed by atoms with E-state index in [0.29, 0.717) is 0 Å². The average Bonchev–Trinajstić information content (AvgIpc) is 4.05. The lowest BCUT2D eigenvalue weighted by Crippen LogP contribution is -2.21. The largest absolute Gasteiger partial charge is 0.458 e. The lowest BCUT2D eigenvalue weighted by atomic mass is 9.88. The number of benzene rings is 8. The van der Waals surface area contributed by atoms with Crippen LogP contribution < -0.4 is 9.14 Å². The van der Waals surface area contributed by atoms with Gasteiger partial charge in [0.15, 0.2) is 0 Å². The van der Waals surface area contributed by atoms with Gasteiger partial charge in [0.1, 0.15) is 17.3 Å². The quantitative estimate of drug-likeness (QED) is 0.128. The Morgan fingerprint density at radius 2 is 1.15 bits per heavy atom. The van der Waals surface area contributed by atoms with Crippen LogP contribution in [0.3, 0.4) is 0 Å². The lowest BCUT2D eigenvalue weighted by molar-refractivity contribution is -0.485. The van der Waals surface area contributed by atoms with Crippen LogP contribution in [0.2, 0.25) is 0 Å².